The highest BCUT2D eigenvalue weighted by atomic mass is 16.5. The van der Waals surface area contributed by atoms with Crippen molar-refractivity contribution in [2.75, 3.05) is 25.5 Å². The molecule has 0 aliphatic rings. The number of carbonyl (C=O) groups is 2. The first-order valence-electron chi connectivity index (χ1n) is 12.5. The van der Waals surface area contributed by atoms with Crippen LogP contribution in [0, 0.1) is 0 Å². The summed E-state index contributed by atoms with van der Waals surface area (Å²) in [6, 6.07) is 9.42. The quantitative estimate of drug-likeness (QED) is 0.380. The van der Waals surface area contributed by atoms with Crippen molar-refractivity contribution in [1.82, 2.24) is 14.7 Å². The summed E-state index contributed by atoms with van der Waals surface area (Å²) in [5, 5.41) is 7.72. The second-order valence-corrected chi connectivity index (χ2v) is 9.75. The van der Waals surface area contributed by atoms with Gasteiger partial charge in [-0.1, -0.05) is 59.8 Å². The Morgan fingerprint density at radius 2 is 1.68 bits per heavy atom. The van der Waals surface area contributed by atoms with Crippen LogP contribution in [0.5, 0.6) is 5.75 Å². The molecule has 0 bridgehead atoms. The first-order chi connectivity index (χ1) is 16.2. The number of amides is 2. The Morgan fingerprint density at radius 1 is 1.03 bits per heavy atom. The molecule has 1 N–H and O–H groups in total. The van der Waals surface area contributed by atoms with E-state index >= 15 is 0 Å². The average Bonchev–Trinajstić information content (AvgIpc) is 3.23. The van der Waals surface area contributed by atoms with Gasteiger partial charge < -0.3 is 15.0 Å². The molecule has 1 heterocycles. The lowest BCUT2D eigenvalue weighted by Crippen LogP contribution is -2.38. The van der Waals surface area contributed by atoms with Crippen LogP contribution in [-0.2, 0) is 15.0 Å². The molecular weight excluding hydrogens is 428 g/mol. The third kappa shape index (κ3) is 8.19. The van der Waals surface area contributed by atoms with Crippen LogP contribution in [0.1, 0.15) is 85.3 Å². The Kier molecular flexibility index (Phi) is 10.6. The molecule has 0 aliphatic carbocycles. The third-order valence-corrected chi connectivity index (χ3v) is 5.88. The van der Waals surface area contributed by atoms with Gasteiger partial charge >= 0.3 is 0 Å². The zero-order valence-electron chi connectivity index (χ0n) is 21.8. The van der Waals surface area contributed by atoms with Crippen LogP contribution in [0.4, 0.5) is 5.82 Å². The van der Waals surface area contributed by atoms with Crippen LogP contribution >= 0.6 is 0 Å². The normalized spacial score (nSPS) is 11.4. The predicted molar refractivity (Wildman–Crippen MR) is 138 cm³/mol. The number of unbranched alkanes of at least 4 members (excludes halogenated alkanes) is 5. The number of carbonyl (C=O) groups excluding carboxylic acids is 2. The molecule has 0 spiro atoms. The minimum Gasteiger partial charge on any atom is -0.497 e. The number of likely N-dealkylation sites (N-methyl/N-ethyl adjacent to an activating group) is 1. The Balaban J connectivity index is 2.06. The van der Waals surface area contributed by atoms with Crippen molar-refractivity contribution in [1.29, 1.82) is 0 Å². The molecule has 0 saturated heterocycles. The molecule has 2 rings (SSSR count). The number of hydrogen-bond acceptors (Lipinski definition) is 4. The smallest absolute Gasteiger partial charge is 0.245 e. The third-order valence-electron chi connectivity index (χ3n) is 5.88. The number of aromatic nitrogens is 2. The summed E-state index contributed by atoms with van der Waals surface area (Å²) < 4.78 is 6.98. The van der Waals surface area contributed by atoms with Crippen molar-refractivity contribution in [3.05, 3.63) is 36.0 Å². The molecule has 0 radical (unpaired) electrons. The van der Waals surface area contributed by atoms with Gasteiger partial charge in [0.05, 0.1) is 25.0 Å². The summed E-state index contributed by atoms with van der Waals surface area (Å²) in [5.41, 5.74) is 1.50. The van der Waals surface area contributed by atoms with Crippen molar-refractivity contribution >= 4 is 17.6 Å². The van der Waals surface area contributed by atoms with E-state index in [1.807, 2.05) is 37.3 Å². The van der Waals surface area contributed by atoms with E-state index in [1.165, 1.54) is 25.7 Å². The van der Waals surface area contributed by atoms with E-state index in [0.29, 0.717) is 18.8 Å². The van der Waals surface area contributed by atoms with Gasteiger partial charge in [-0.15, -0.1) is 0 Å². The van der Waals surface area contributed by atoms with Crippen LogP contribution in [0.15, 0.2) is 30.3 Å². The maximum atomic E-state index is 12.9. The first kappa shape index (κ1) is 27.4. The standard InChI is InChI=1S/C27H42N4O3/c1-7-9-10-11-12-13-14-26(33)30(8-2)20-25(32)28-24-19-23(27(3,4)5)29-31(24)21-15-17-22(34-6)18-16-21/h15-19H,7-14,20H2,1-6H3,(H,28,32). The first-order valence-corrected chi connectivity index (χ1v) is 12.5. The lowest BCUT2D eigenvalue weighted by atomic mass is 9.92. The summed E-state index contributed by atoms with van der Waals surface area (Å²) in [7, 11) is 1.62. The fraction of sp³-hybridized carbons (Fsp3) is 0.593. The number of nitrogens with zero attached hydrogens (tertiary/aromatic N) is 3. The number of hydrogen-bond donors (Lipinski definition) is 1. The van der Waals surface area contributed by atoms with E-state index in [1.54, 1.807) is 16.7 Å². The van der Waals surface area contributed by atoms with Gasteiger partial charge in [0.2, 0.25) is 11.8 Å². The van der Waals surface area contributed by atoms with Crippen molar-refractivity contribution in [2.24, 2.45) is 0 Å². The SMILES string of the molecule is CCCCCCCCC(=O)N(CC)CC(=O)Nc1cc(C(C)(C)C)nn1-c1ccc(OC)cc1. The van der Waals surface area contributed by atoms with E-state index in [9.17, 15) is 9.59 Å². The molecule has 34 heavy (non-hydrogen) atoms. The number of nitrogens with one attached hydrogen (secondary N) is 1. The molecular formula is C27H42N4O3. The van der Waals surface area contributed by atoms with Crippen LogP contribution < -0.4 is 10.1 Å². The number of benzene rings is 1. The van der Waals surface area contributed by atoms with Crippen LogP contribution in [0.2, 0.25) is 0 Å². The molecule has 0 unspecified atom stereocenters. The summed E-state index contributed by atoms with van der Waals surface area (Å²) in [6.45, 7) is 10.9. The topological polar surface area (TPSA) is 76.5 Å². The minimum atomic E-state index is -0.228. The summed E-state index contributed by atoms with van der Waals surface area (Å²) in [4.78, 5) is 27.2. The molecule has 0 atom stereocenters. The summed E-state index contributed by atoms with van der Waals surface area (Å²) in [5.74, 6) is 1.14. The van der Waals surface area contributed by atoms with Gasteiger partial charge in [0.1, 0.15) is 11.6 Å². The lowest BCUT2D eigenvalue weighted by Gasteiger charge is -2.20. The maximum absolute atomic E-state index is 12.9. The lowest BCUT2D eigenvalue weighted by molar-refractivity contribution is -0.134. The maximum Gasteiger partial charge on any atom is 0.245 e. The molecule has 0 saturated carbocycles. The Bertz CT molecular complexity index is 913. The summed E-state index contributed by atoms with van der Waals surface area (Å²) in [6.07, 6.45) is 7.28. The second kappa shape index (κ2) is 13.2. The fourth-order valence-electron chi connectivity index (χ4n) is 3.70. The van der Waals surface area contributed by atoms with Gasteiger partial charge in [-0.05, 0) is 37.6 Å². The molecule has 0 aliphatic heterocycles. The Hall–Kier alpha value is -2.83. The molecule has 0 fully saturated rings. The highest BCUT2D eigenvalue weighted by molar-refractivity contribution is 5.94. The molecule has 1 aromatic heterocycles. The van der Waals surface area contributed by atoms with E-state index in [4.69, 9.17) is 9.84 Å². The van der Waals surface area contributed by atoms with Crippen molar-refractivity contribution in [3.8, 4) is 11.4 Å². The second-order valence-electron chi connectivity index (χ2n) is 9.75. The van der Waals surface area contributed by atoms with Crippen molar-refractivity contribution < 1.29 is 14.3 Å². The van der Waals surface area contributed by atoms with Crippen LogP contribution in [0.25, 0.3) is 5.69 Å². The van der Waals surface area contributed by atoms with Gasteiger partial charge in [-0.2, -0.15) is 5.10 Å². The Labute approximate surface area is 204 Å². The molecule has 2 aromatic rings. The van der Waals surface area contributed by atoms with Crippen molar-refractivity contribution in [2.45, 2.75) is 85.0 Å². The molecule has 7 nitrogen and oxygen atoms in total. The molecule has 7 heteroatoms. The average molecular weight is 471 g/mol. The fourth-order valence-corrected chi connectivity index (χ4v) is 3.70. The monoisotopic (exact) mass is 470 g/mol. The van der Waals surface area contributed by atoms with Gasteiger partial charge in [0.15, 0.2) is 0 Å². The van der Waals surface area contributed by atoms with Gasteiger partial charge in [-0.25, -0.2) is 4.68 Å². The highest BCUT2D eigenvalue weighted by Crippen LogP contribution is 2.27. The molecule has 1 aromatic carbocycles. The van der Waals surface area contributed by atoms with Crippen LogP contribution in [-0.4, -0.2) is 46.7 Å². The van der Waals surface area contributed by atoms with Crippen molar-refractivity contribution in [3.63, 3.8) is 0 Å². The zero-order valence-corrected chi connectivity index (χ0v) is 21.8. The number of ether oxygens (including phenoxy) is 1. The minimum absolute atomic E-state index is 0.0316. The highest BCUT2D eigenvalue weighted by Gasteiger charge is 2.22. The largest absolute Gasteiger partial charge is 0.497 e. The zero-order chi connectivity index (χ0) is 25.1. The Morgan fingerprint density at radius 3 is 2.26 bits per heavy atom. The van der Waals surface area contributed by atoms with E-state index in [2.05, 4.69) is 33.0 Å². The van der Waals surface area contributed by atoms with E-state index in [0.717, 1.165) is 30.0 Å². The van der Waals surface area contributed by atoms with E-state index in [-0.39, 0.29) is 23.8 Å². The van der Waals surface area contributed by atoms with Gasteiger partial charge in [-0.3, -0.25) is 9.59 Å². The van der Waals surface area contributed by atoms with Gasteiger partial charge in [0, 0.05) is 24.4 Å². The van der Waals surface area contributed by atoms with Crippen LogP contribution in [0.3, 0.4) is 0 Å². The number of methoxy groups -OCH3 is 1. The number of anilines is 1. The molecule has 188 valence electrons. The predicted octanol–water partition coefficient (Wildman–Crippen LogP) is 5.72. The number of rotatable bonds is 13. The molecule has 2 amide bonds. The summed E-state index contributed by atoms with van der Waals surface area (Å²) >= 11 is 0. The van der Waals surface area contributed by atoms with Gasteiger partial charge in [0.25, 0.3) is 0 Å². The van der Waals surface area contributed by atoms with E-state index < -0.39 is 0 Å².